The Morgan fingerprint density at radius 1 is 1.12 bits per heavy atom. The van der Waals surface area contributed by atoms with Crippen molar-refractivity contribution < 1.29 is 4.79 Å². The number of carbonyl (C=O) groups excluding carboxylic acids is 1. The second kappa shape index (κ2) is 6.43. The minimum absolute atomic E-state index is 0.0751. The lowest BCUT2D eigenvalue weighted by atomic mass is 10.1. The van der Waals surface area contributed by atoms with Gasteiger partial charge in [-0.25, -0.2) is 0 Å². The molecule has 0 saturated heterocycles. The molecule has 0 aliphatic heterocycles. The summed E-state index contributed by atoms with van der Waals surface area (Å²) in [4.78, 5) is 15.7. The van der Waals surface area contributed by atoms with Gasteiger partial charge in [0, 0.05) is 27.8 Å². The molecule has 3 rings (SSSR count). The number of benzene rings is 2. The molecule has 0 aliphatic carbocycles. The molecule has 0 saturated carbocycles. The summed E-state index contributed by atoms with van der Waals surface area (Å²) in [5.74, 6) is -0.406. The van der Waals surface area contributed by atoms with E-state index in [1.807, 2.05) is 68.4 Å². The molecule has 0 unspecified atom stereocenters. The zero-order valence-corrected chi connectivity index (χ0v) is 13.6. The van der Waals surface area contributed by atoms with Crippen LogP contribution in [0.4, 0.5) is 5.69 Å². The molecule has 0 atom stereocenters. The number of nitriles is 1. The van der Waals surface area contributed by atoms with Crippen LogP contribution in [0.15, 0.2) is 54.1 Å². The van der Waals surface area contributed by atoms with Gasteiger partial charge in [0.15, 0.2) is 0 Å². The number of H-pyrrole nitrogens is 1. The van der Waals surface area contributed by atoms with Gasteiger partial charge in [-0.3, -0.25) is 4.79 Å². The molecule has 0 spiro atoms. The molecule has 0 aliphatic rings. The summed E-state index contributed by atoms with van der Waals surface area (Å²) in [6, 6.07) is 17.3. The molecule has 1 aromatic heterocycles. The van der Waals surface area contributed by atoms with Crippen LogP contribution < -0.4 is 5.32 Å². The molecular weight excluding hydrogens is 298 g/mol. The quantitative estimate of drug-likeness (QED) is 0.558. The van der Waals surface area contributed by atoms with Crippen molar-refractivity contribution in [3.05, 3.63) is 70.9 Å². The van der Waals surface area contributed by atoms with Crippen LogP contribution >= 0.6 is 0 Å². The summed E-state index contributed by atoms with van der Waals surface area (Å²) >= 11 is 0. The average molecular weight is 315 g/mol. The van der Waals surface area contributed by atoms with Crippen molar-refractivity contribution in [3.8, 4) is 6.07 Å². The molecule has 24 heavy (non-hydrogen) atoms. The summed E-state index contributed by atoms with van der Waals surface area (Å²) in [6.45, 7) is 3.84. The molecule has 4 nitrogen and oxygen atoms in total. The molecule has 0 bridgehead atoms. The number of nitrogens with one attached hydrogen (secondary N) is 2. The lowest BCUT2D eigenvalue weighted by Gasteiger charge is -2.07. The Balaban J connectivity index is 1.97. The standard InChI is InChI=1S/C20H17N3O/c1-13-7-3-5-9-18(13)23-20(24)15(12-21)11-17-14(2)22-19-10-6-4-8-16(17)19/h3-11,22H,1-2H3,(H,23,24)/b15-11+. The summed E-state index contributed by atoms with van der Waals surface area (Å²) < 4.78 is 0. The first-order valence-electron chi connectivity index (χ1n) is 7.66. The van der Waals surface area contributed by atoms with Crippen molar-refractivity contribution in [2.75, 3.05) is 5.32 Å². The van der Waals surface area contributed by atoms with Gasteiger partial charge in [0.2, 0.25) is 0 Å². The highest BCUT2D eigenvalue weighted by Gasteiger charge is 2.13. The van der Waals surface area contributed by atoms with Gasteiger partial charge in [0.1, 0.15) is 11.6 Å². The highest BCUT2D eigenvalue weighted by molar-refractivity contribution is 6.11. The zero-order valence-electron chi connectivity index (χ0n) is 13.6. The summed E-state index contributed by atoms with van der Waals surface area (Å²) in [7, 11) is 0. The molecule has 2 N–H and O–H groups in total. The van der Waals surface area contributed by atoms with Crippen LogP contribution in [0.3, 0.4) is 0 Å². The number of nitrogens with zero attached hydrogens (tertiary/aromatic N) is 1. The van der Waals surface area contributed by atoms with Gasteiger partial charge < -0.3 is 10.3 Å². The van der Waals surface area contributed by atoms with Gasteiger partial charge >= 0.3 is 0 Å². The number of aryl methyl sites for hydroxylation is 2. The van der Waals surface area contributed by atoms with Gasteiger partial charge in [0.25, 0.3) is 5.91 Å². The van der Waals surface area contributed by atoms with E-state index in [0.717, 1.165) is 27.7 Å². The van der Waals surface area contributed by atoms with Gasteiger partial charge in [0.05, 0.1) is 0 Å². The largest absolute Gasteiger partial charge is 0.358 e. The topological polar surface area (TPSA) is 68.7 Å². The molecule has 4 heteroatoms. The van der Waals surface area contributed by atoms with E-state index in [1.54, 1.807) is 6.08 Å². The van der Waals surface area contributed by atoms with Crippen molar-refractivity contribution in [1.29, 1.82) is 5.26 Å². The van der Waals surface area contributed by atoms with E-state index in [0.29, 0.717) is 5.69 Å². The first-order chi connectivity index (χ1) is 11.6. The average Bonchev–Trinajstić information content (AvgIpc) is 2.90. The molecule has 0 radical (unpaired) electrons. The van der Waals surface area contributed by atoms with Crippen molar-refractivity contribution >= 4 is 28.6 Å². The Hall–Kier alpha value is -3.32. The lowest BCUT2D eigenvalue weighted by Crippen LogP contribution is -2.14. The molecule has 1 heterocycles. The molecule has 3 aromatic rings. The maximum atomic E-state index is 12.5. The number of aromatic amines is 1. The number of hydrogen-bond acceptors (Lipinski definition) is 2. The highest BCUT2D eigenvalue weighted by Crippen LogP contribution is 2.24. The number of aromatic nitrogens is 1. The fourth-order valence-corrected chi connectivity index (χ4v) is 2.68. The second-order valence-corrected chi connectivity index (χ2v) is 5.65. The minimum atomic E-state index is -0.406. The lowest BCUT2D eigenvalue weighted by molar-refractivity contribution is -0.112. The zero-order chi connectivity index (χ0) is 17.1. The second-order valence-electron chi connectivity index (χ2n) is 5.65. The van der Waals surface area contributed by atoms with E-state index in [2.05, 4.69) is 10.3 Å². The van der Waals surface area contributed by atoms with Gasteiger partial charge in [-0.2, -0.15) is 5.26 Å². The minimum Gasteiger partial charge on any atom is -0.358 e. The molecule has 0 fully saturated rings. The third kappa shape index (κ3) is 2.92. The van der Waals surface area contributed by atoms with Gasteiger partial charge in [-0.1, -0.05) is 36.4 Å². The summed E-state index contributed by atoms with van der Waals surface area (Å²) in [5, 5.41) is 13.2. The predicted molar refractivity (Wildman–Crippen MR) is 96.4 cm³/mol. The number of fused-ring (bicyclic) bond motifs is 1. The van der Waals surface area contributed by atoms with E-state index in [1.165, 1.54) is 0 Å². The molecule has 1 amide bonds. The summed E-state index contributed by atoms with van der Waals surface area (Å²) in [6.07, 6.45) is 1.64. The van der Waals surface area contributed by atoms with Gasteiger partial charge in [-0.15, -0.1) is 0 Å². The monoisotopic (exact) mass is 315 g/mol. The third-order valence-electron chi connectivity index (χ3n) is 3.99. The Bertz CT molecular complexity index is 990. The number of hydrogen-bond donors (Lipinski definition) is 2. The summed E-state index contributed by atoms with van der Waals surface area (Å²) in [5.41, 5.74) is 4.50. The van der Waals surface area contributed by atoms with Crippen molar-refractivity contribution in [2.45, 2.75) is 13.8 Å². The highest BCUT2D eigenvalue weighted by atomic mass is 16.1. The maximum Gasteiger partial charge on any atom is 0.266 e. The number of rotatable bonds is 3. The van der Waals surface area contributed by atoms with Crippen LogP contribution in [-0.2, 0) is 4.79 Å². The first kappa shape index (κ1) is 15.6. The van der Waals surface area contributed by atoms with E-state index < -0.39 is 5.91 Å². The Morgan fingerprint density at radius 2 is 1.83 bits per heavy atom. The molecule has 118 valence electrons. The Labute approximate surface area is 140 Å². The maximum absolute atomic E-state index is 12.5. The third-order valence-corrected chi connectivity index (χ3v) is 3.99. The number of carbonyl (C=O) groups is 1. The normalized spacial score (nSPS) is 11.3. The Kier molecular flexibility index (Phi) is 4.17. The molecular formula is C20H17N3O. The van der Waals surface area contributed by atoms with Crippen molar-refractivity contribution in [2.24, 2.45) is 0 Å². The molecule has 2 aromatic carbocycles. The SMILES string of the molecule is Cc1ccccc1NC(=O)/C(C#N)=C/c1c(C)[nH]c2ccccc12. The van der Waals surface area contributed by atoms with Crippen molar-refractivity contribution in [1.82, 2.24) is 4.98 Å². The first-order valence-corrected chi connectivity index (χ1v) is 7.66. The predicted octanol–water partition coefficient (Wildman–Crippen LogP) is 4.33. The van der Waals surface area contributed by atoms with Crippen LogP contribution in [0.2, 0.25) is 0 Å². The van der Waals surface area contributed by atoms with Crippen LogP contribution in [-0.4, -0.2) is 10.9 Å². The number of amides is 1. The smallest absolute Gasteiger partial charge is 0.266 e. The van der Waals surface area contributed by atoms with Crippen LogP contribution in [0.1, 0.15) is 16.8 Å². The Morgan fingerprint density at radius 3 is 2.58 bits per heavy atom. The van der Waals surface area contributed by atoms with Crippen LogP contribution in [0.5, 0.6) is 0 Å². The van der Waals surface area contributed by atoms with E-state index in [4.69, 9.17) is 0 Å². The number of anilines is 1. The van der Waals surface area contributed by atoms with Gasteiger partial charge in [-0.05, 0) is 37.6 Å². The fourth-order valence-electron chi connectivity index (χ4n) is 2.68. The van der Waals surface area contributed by atoms with Crippen molar-refractivity contribution in [3.63, 3.8) is 0 Å². The van der Waals surface area contributed by atoms with Crippen LogP contribution in [0, 0.1) is 25.2 Å². The fraction of sp³-hybridized carbons (Fsp3) is 0.100. The van der Waals surface area contributed by atoms with Crippen LogP contribution in [0.25, 0.3) is 17.0 Å². The van der Waals surface area contributed by atoms with E-state index in [9.17, 15) is 10.1 Å². The van der Waals surface area contributed by atoms with E-state index in [-0.39, 0.29) is 5.57 Å². The number of para-hydroxylation sites is 2. The van der Waals surface area contributed by atoms with E-state index >= 15 is 0 Å².